The number of nitrogens with zero attached hydrogens (tertiary/aromatic N) is 1. The summed E-state index contributed by atoms with van der Waals surface area (Å²) in [6, 6.07) is -2.13. The van der Waals surface area contributed by atoms with E-state index in [1.54, 1.807) is 13.8 Å². The fourth-order valence-electron chi connectivity index (χ4n) is 1.23. The maximum atomic E-state index is 11.8. The van der Waals surface area contributed by atoms with Crippen molar-refractivity contribution in [2.45, 2.75) is 25.9 Å². The van der Waals surface area contributed by atoms with Crippen LogP contribution in [0.2, 0.25) is 0 Å². The number of amides is 3. The minimum Gasteiger partial charge on any atom is -0.480 e. The van der Waals surface area contributed by atoms with E-state index in [2.05, 4.69) is 10.1 Å². The minimum absolute atomic E-state index is 0.163. The van der Waals surface area contributed by atoms with Gasteiger partial charge in [-0.3, -0.25) is 4.79 Å². The summed E-state index contributed by atoms with van der Waals surface area (Å²) in [5.74, 6) is -1.88. The molecule has 0 bridgehead atoms. The lowest BCUT2D eigenvalue weighted by atomic mass is 10.3. The first kappa shape index (κ1) is 16.2. The molecule has 0 aliphatic carbocycles. The van der Waals surface area contributed by atoms with Gasteiger partial charge >= 0.3 is 12.0 Å². The molecule has 0 radical (unpaired) electrons. The first-order valence-electron chi connectivity index (χ1n) is 5.36. The number of nitrogens with two attached hydrogens (primary N) is 1. The zero-order valence-corrected chi connectivity index (χ0v) is 10.7. The molecule has 1 unspecified atom stereocenters. The third-order valence-electron chi connectivity index (χ3n) is 2.14. The Balaban J connectivity index is 4.66. The van der Waals surface area contributed by atoms with Gasteiger partial charge in [-0.15, -0.1) is 0 Å². The molecule has 0 aliphatic rings. The van der Waals surface area contributed by atoms with Gasteiger partial charge in [0.1, 0.15) is 6.54 Å². The highest BCUT2D eigenvalue weighted by molar-refractivity contribution is 5.86. The number of carboxylic acid groups (broad SMARTS) is 1. The van der Waals surface area contributed by atoms with Crippen LogP contribution in [0.1, 0.15) is 13.8 Å². The quantitative estimate of drug-likeness (QED) is 0.542. The number of hydrogen-bond donors (Lipinski definition) is 3. The van der Waals surface area contributed by atoms with Gasteiger partial charge in [0.05, 0.1) is 6.61 Å². The number of hydrogen-bond acceptors (Lipinski definition) is 4. The molecule has 0 rings (SSSR count). The van der Waals surface area contributed by atoms with Crippen LogP contribution in [0.25, 0.3) is 0 Å². The third kappa shape index (κ3) is 5.48. The second-order valence-electron chi connectivity index (χ2n) is 3.98. The summed E-state index contributed by atoms with van der Waals surface area (Å²) in [7, 11) is 1.33. The van der Waals surface area contributed by atoms with Crippen LogP contribution in [0.15, 0.2) is 0 Å². The van der Waals surface area contributed by atoms with Crippen LogP contribution in [0, 0.1) is 0 Å². The van der Waals surface area contributed by atoms with Crippen LogP contribution in [0.5, 0.6) is 0 Å². The predicted molar refractivity (Wildman–Crippen MR) is 62.9 cm³/mol. The molecule has 8 heteroatoms. The number of ether oxygens (including phenoxy) is 1. The average molecular weight is 261 g/mol. The summed E-state index contributed by atoms with van der Waals surface area (Å²) in [4.78, 5) is 34.6. The number of primary amides is 1. The lowest BCUT2D eigenvalue weighted by molar-refractivity contribution is -0.140. The van der Waals surface area contributed by atoms with E-state index in [1.165, 1.54) is 7.11 Å². The number of rotatable bonds is 7. The van der Waals surface area contributed by atoms with Crippen molar-refractivity contribution in [3.05, 3.63) is 0 Å². The summed E-state index contributed by atoms with van der Waals surface area (Å²) in [6.07, 6.45) is 0. The van der Waals surface area contributed by atoms with Gasteiger partial charge in [0.25, 0.3) is 0 Å². The number of carbonyl (C=O) groups excluding carboxylic acids is 2. The molecular formula is C10H19N3O5. The van der Waals surface area contributed by atoms with Crippen LogP contribution >= 0.6 is 0 Å². The molecule has 0 heterocycles. The van der Waals surface area contributed by atoms with Crippen molar-refractivity contribution in [1.29, 1.82) is 0 Å². The summed E-state index contributed by atoms with van der Waals surface area (Å²) < 4.78 is 4.68. The second kappa shape index (κ2) is 7.49. The normalized spacial score (nSPS) is 12.0. The van der Waals surface area contributed by atoms with Gasteiger partial charge in [0.15, 0.2) is 6.04 Å². The first-order valence-corrected chi connectivity index (χ1v) is 5.36. The lowest BCUT2D eigenvalue weighted by Gasteiger charge is -2.27. The Morgan fingerprint density at radius 1 is 1.39 bits per heavy atom. The van der Waals surface area contributed by atoms with Crippen molar-refractivity contribution >= 4 is 17.9 Å². The molecular weight excluding hydrogens is 242 g/mol. The van der Waals surface area contributed by atoms with Crippen molar-refractivity contribution in [2.75, 3.05) is 20.3 Å². The van der Waals surface area contributed by atoms with Crippen LogP contribution in [0.3, 0.4) is 0 Å². The van der Waals surface area contributed by atoms with E-state index in [0.717, 1.165) is 4.90 Å². The molecule has 0 aromatic carbocycles. The van der Waals surface area contributed by atoms with E-state index in [1.807, 2.05) is 0 Å². The first-order chi connectivity index (χ1) is 8.29. The van der Waals surface area contributed by atoms with Crippen molar-refractivity contribution in [2.24, 2.45) is 5.73 Å². The largest absolute Gasteiger partial charge is 0.480 e. The van der Waals surface area contributed by atoms with Crippen LogP contribution < -0.4 is 11.1 Å². The maximum absolute atomic E-state index is 11.8. The molecule has 4 N–H and O–H groups in total. The van der Waals surface area contributed by atoms with Crippen molar-refractivity contribution in [3.63, 3.8) is 0 Å². The SMILES string of the molecule is COCC(NC(=O)N(CC(N)=O)C(C)C)C(=O)O. The highest BCUT2D eigenvalue weighted by atomic mass is 16.5. The summed E-state index contributed by atoms with van der Waals surface area (Å²) in [5, 5.41) is 11.1. The van der Waals surface area contributed by atoms with E-state index in [9.17, 15) is 14.4 Å². The Morgan fingerprint density at radius 2 is 1.94 bits per heavy atom. The molecule has 0 saturated heterocycles. The Bertz CT molecular complexity index is 319. The number of aliphatic carboxylic acids is 1. The van der Waals surface area contributed by atoms with Gasteiger partial charge < -0.3 is 25.8 Å². The highest BCUT2D eigenvalue weighted by Gasteiger charge is 2.25. The topological polar surface area (TPSA) is 122 Å². The van der Waals surface area contributed by atoms with Crippen LogP contribution in [-0.2, 0) is 14.3 Å². The Labute approximate surface area is 105 Å². The highest BCUT2D eigenvalue weighted by Crippen LogP contribution is 1.99. The van der Waals surface area contributed by atoms with Crippen LogP contribution in [-0.4, -0.2) is 60.3 Å². The fourth-order valence-corrected chi connectivity index (χ4v) is 1.23. The number of urea groups is 1. The van der Waals surface area contributed by atoms with E-state index in [4.69, 9.17) is 10.8 Å². The van der Waals surface area contributed by atoms with Gasteiger partial charge in [-0.05, 0) is 13.8 Å². The molecule has 0 spiro atoms. The molecule has 0 fully saturated rings. The van der Waals surface area contributed by atoms with E-state index in [0.29, 0.717) is 0 Å². The van der Waals surface area contributed by atoms with Crippen molar-refractivity contribution in [1.82, 2.24) is 10.2 Å². The van der Waals surface area contributed by atoms with Gasteiger partial charge in [-0.1, -0.05) is 0 Å². The summed E-state index contributed by atoms with van der Waals surface area (Å²) >= 11 is 0. The molecule has 104 valence electrons. The average Bonchev–Trinajstić information content (AvgIpc) is 2.24. The van der Waals surface area contributed by atoms with Gasteiger partial charge in [0.2, 0.25) is 5.91 Å². The Morgan fingerprint density at radius 3 is 2.28 bits per heavy atom. The van der Waals surface area contributed by atoms with Gasteiger partial charge in [0, 0.05) is 13.2 Å². The lowest BCUT2D eigenvalue weighted by Crippen LogP contribution is -2.53. The molecule has 0 saturated carbocycles. The molecule has 8 nitrogen and oxygen atoms in total. The Kier molecular flexibility index (Phi) is 6.73. The third-order valence-corrected chi connectivity index (χ3v) is 2.14. The minimum atomic E-state index is -1.21. The van der Waals surface area contributed by atoms with E-state index >= 15 is 0 Å². The van der Waals surface area contributed by atoms with Crippen molar-refractivity contribution in [3.8, 4) is 0 Å². The second-order valence-corrected chi connectivity index (χ2v) is 3.98. The Hall–Kier alpha value is -1.83. The van der Waals surface area contributed by atoms with E-state index < -0.39 is 23.9 Å². The molecule has 1 atom stereocenters. The van der Waals surface area contributed by atoms with Crippen molar-refractivity contribution < 1.29 is 24.2 Å². The standard InChI is InChI=1S/C10H19N3O5/c1-6(2)13(4-8(11)14)10(17)12-7(5-18-3)9(15)16/h6-7H,4-5H2,1-3H3,(H2,11,14)(H,12,17)(H,15,16). The number of carbonyl (C=O) groups is 3. The maximum Gasteiger partial charge on any atom is 0.328 e. The number of carboxylic acids is 1. The molecule has 0 aromatic rings. The number of methoxy groups -OCH3 is 1. The van der Waals surface area contributed by atoms with Gasteiger partial charge in [-0.2, -0.15) is 0 Å². The zero-order chi connectivity index (χ0) is 14.3. The molecule has 18 heavy (non-hydrogen) atoms. The van der Waals surface area contributed by atoms with E-state index in [-0.39, 0.29) is 19.2 Å². The molecule has 3 amide bonds. The van der Waals surface area contributed by atoms with Crippen LogP contribution in [0.4, 0.5) is 4.79 Å². The number of nitrogens with one attached hydrogen (secondary N) is 1. The molecule has 0 aliphatic heterocycles. The smallest absolute Gasteiger partial charge is 0.328 e. The summed E-state index contributed by atoms with van der Waals surface area (Å²) in [6.45, 7) is 2.94. The van der Waals surface area contributed by atoms with Gasteiger partial charge in [-0.25, -0.2) is 9.59 Å². The fraction of sp³-hybridized carbons (Fsp3) is 0.700. The summed E-state index contributed by atoms with van der Waals surface area (Å²) in [5.41, 5.74) is 5.02. The molecule has 0 aromatic heterocycles. The monoisotopic (exact) mass is 261 g/mol. The predicted octanol–water partition coefficient (Wildman–Crippen LogP) is -1.01. The zero-order valence-electron chi connectivity index (χ0n) is 10.7.